The van der Waals surface area contributed by atoms with Gasteiger partial charge in [0.25, 0.3) is 0 Å². The first-order valence-corrected chi connectivity index (χ1v) is 8.23. The van der Waals surface area contributed by atoms with Crippen molar-refractivity contribution in [3.05, 3.63) is 47.3 Å². The predicted octanol–water partition coefficient (Wildman–Crippen LogP) is 2.41. The molecule has 2 atom stereocenters. The zero-order valence-corrected chi connectivity index (χ0v) is 13.9. The highest BCUT2D eigenvalue weighted by atomic mass is 16.6. The zero-order chi connectivity index (χ0) is 17.8. The van der Waals surface area contributed by atoms with E-state index in [9.17, 15) is 14.7 Å². The van der Waals surface area contributed by atoms with Gasteiger partial charge in [0.1, 0.15) is 12.3 Å². The number of nitrogens with zero attached hydrogens (tertiary/aromatic N) is 3. The molecule has 0 spiro atoms. The lowest BCUT2D eigenvalue weighted by Crippen LogP contribution is -2.37. The van der Waals surface area contributed by atoms with Crippen molar-refractivity contribution in [1.29, 1.82) is 0 Å². The number of aromatic amines is 1. The Morgan fingerprint density at radius 1 is 1.32 bits per heavy atom. The van der Waals surface area contributed by atoms with E-state index in [1.165, 1.54) is 0 Å². The highest BCUT2D eigenvalue weighted by molar-refractivity contribution is 5.86. The van der Waals surface area contributed by atoms with Gasteiger partial charge in [-0.1, -0.05) is 37.3 Å². The molecule has 1 aromatic carbocycles. The molecule has 2 N–H and O–H groups in total. The van der Waals surface area contributed by atoms with E-state index in [2.05, 4.69) is 15.4 Å². The Bertz CT molecular complexity index is 746. The van der Waals surface area contributed by atoms with Crippen molar-refractivity contribution in [3.8, 4) is 0 Å². The largest absolute Gasteiger partial charge is 0.476 e. The molecular weight excluding hydrogens is 324 g/mol. The molecule has 0 bridgehead atoms. The number of carbonyl (C=O) groups excluding carboxylic acids is 1. The number of likely N-dealkylation sites (tertiary alicyclic amines) is 1. The van der Waals surface area contributed by atoms with Crippen molar-refractivity contribution in [2.45, 2.75) is 38.3 Å². The van der Waals surface area contributed by atoms with E-state index in [1.54, 1.807) is 4.90 Å². The van der Waals surface area contributed by atoms with Crippen LogP contribution in [0.25, 0.3) is 0 Å². The van der Waals surface area contributed by atoms with Crippen LogP contribution < -0.4 is 0 Å². The number of aromatic nitrogens is 3. The standard InChI is InChI=1S/C17H20N4O4/c1-2-13-12(14-15(16(22)23)19-20-18-14)8-9-21(13)17(24)25-10-11-6-4-3-5-7-11/h3-7,12-13H,2,8-10H2,1H3,(H,22,23)(H,18,19,20). The minimum absolute atomic E-state index is 0.0806. The fraction of sp³-hybridized carbons (Fsp3) is 0.412. The monoisotopic (exact) mass is 344 g/mol. The van der Waals surface area contributed by atoms with Crippen LogP contribution in [0, 0.1) is 0 Å². The highest BCUT2D eigenvalue weighted by Crippen LogP contribution is 2.35. The summed E-state index contributed by atoms with van der Waals surface area (Å²) >= 11 is 0. The molecule has 3 rings (SSSR count). The third-order valence-corrected chi connectivity index (χ3v) is 4.53. The van der Waals surface area contributed by atoms with E-state index in [4.69, 9.17) is 4.74 Å². The summed E-state index contributed by atoms with van der Waals surface area (Å²) in [5.41, 5.74) is 1.24. The number of hydrogen-bond acceptors (Lipinski definition) is 5. The molecule has 0 radical (unpaired) electrons. The van der Waals surface area contributed by atoms with Gasteiger partial charge in [0, 0.05) is 18.5 Å². The second-order valence-corrected chi connectivity index (χ2v) is 5.97. The summed E-state index contributed by atoms with van der Waals surface area (Å²) < 4.78 is 5.41. The fourth-order valence-corrected chi connectivity index (χ4v) is 3.36. The van der Waals surface area contributed by atoms with Gasteiger partial charge >= 0.3 is 12.1 Å². The minimum Gasteiger partial charge on any atom is -0.476 e. The van der Waals surface area contributed by atoms with Crippen molar-refractivity contribution in [1.82, 2.24) is 20.3 Å². The molecule has 2 unspecified atom stereocenters. The molecule has 2 aromatic rings. The van der Waals surface area contributed by atoms with Gasteiger partial charge < -0.3 is 14.7 Å². The summed E-state index contributed by atoms with van der Waals surface area (Å²) in [5.74, 6) is -1.29. The summed E-state index contributed by atoms with van der Waals surface area (Å²) in [6.07, 6.45) is 0.918. The molecular formula is C17H20N4O4. The number of H-pyrrole nitrogens is 1. The van der Waals surface area contributed by atoms with Crippen LogP contribution in [-0.2, 0) is 11.3 Å². The SMILES string of the molecule is CCC1C(c2n[nH]nc2C(=O)O)CCN1C(=O)OCc1ccccc1. The van der Waals surface area contributed by atoms with Gasteiger partial charge in [-0.25, -0.2) is 9.59 Å². The Balaban J connectivity index is 1.70. The lowest BCUT2D eigenvalue weighted by Gasteiger charge is -2.26. The topological polar surface area (TPSA) is 108 Å². The smallest absolute Gasteiger partial charge is 0.410 e. The molecule has 1 saturated heterocycles. The van der Waals surface area contributed by atoms with Crippen molar-refractivity contribution in [2.75, 3.05) is 6.54 Å². The molecule has 25 heavy (non-hydrogen) atoms. The van der Waals surface area contributed by atoms with Gasteiger partial charge in [0.2, 0.25) is 0 Å². The minimum atomic E-state index is -1.12. The average molecular weight is 344 g/mol. The first-order chi connectivity index (χ1) is 12.1. The third kappa shape index (κ3) is 3.47. The van der Waals surface area contributed by atoms with Crippen LogP contribution in [0.15, 0.2) is 30.3 Å². The second-order valence-electron chi connectivity index (χ2n) is 5.97. The highest BCUT2D eigenvalue weighted by Gasteiger charge is 2.40. The van der Waals surface area contributed by atoms with E-state index in [0.29, 0.717) is 25.1 Å². The van der Waals surface area contributed by atoms with E-state index in [-0.39, 0.29) is 24.3 Å². The summed E-state index contributed by atoms with van der Waals surface area (Å²) in [6.45, 7) is 2.67. The van der Waals surface area contributed by atoms with Crippen LogP contribution >= 0.6 is 0 Å². The second kappa shape index (κ2) is 7.33. The van der Waals surface area contributed by atoms with E-state index in [0.717, 1.165) is 5.56 Å². The average Bonchev–Trinajstić information content (AvgIpc) is 3.26. The van der Waals surface area contributed by atoms with Crippen molar-refractivity contribution in [2.24, 2.45) is 0 Å². The van der Waals surface area contributed by atoms with Crippen molar-refractivity contribution >= 4 is 12.1 Å². The molecule has 8 heteroatoms. The Morgan fingerprint density at radius 2 is 2.08 bits per heavy atom. The summed E-state index contributed by atoms with van der Waals surface area (Å²) in [6, 6.07) is 9.31. The molecule has 1 aliphatic heterocycles. The number of carboxylic acids is 1. The van der Waals surface area contributed by atoms with Gasteiger partial charge in [0.05, 0.1) is 0 Å². The number of nitrogens with one attached hydrogen (secondary N) is 1. The van der Waals surface area contributed by atoms with Crippen LogP contribution in [0.4, 0.5) is 4.79 Å². The lowest BCUT2D eigenvalue weighted by molar-refractivity contribution is 0.0688. The fourth-order valence-electron chi connectivity index (χ4n) is 3.36. The molecule has 1 aliphatic rings. The lowest BCUT2D eigenvalue weighted by atomic mass is 9.93. The molecule has 8 nitrogen and oxygen atoms in total. The number of amides is 1. The Morgan fingerprint density at radius 3 is 2.76 bits per heavy atom. The number of ether oxygens (including phenoxy) is 1. The molecule has 0 aliphatic carbocycles. The molecule has 1 aromatic heterocycles. The molecule has 132 valence electrons. The van der Waals surface area contributed by atoms with Crippen LogP contribution in [0.5, 0.6) is 0 Å². The van der Waals surface area contributed by atoms with E-state index < -0.39 is 12.1 Å². The molecule has 0 saturated carbocycles. The number of carboxylic acid groups (broad SMARTS) is 1. The van der Waals surface area contributed by atoms with Crippen molar-refractivity contribution in [3.63, 3.8) is 0 Å². The maximum atomic E-state index is 12.5. The summed E-state index contributed by atoms with van der Waals surface area (Å²) in [5, 5.41) is 19.3. The van der Waals surface area contributed by atoms with Gasteiger partial charge in [-0.05, 0) is 18.4 Å². The maximum absolute atomic E-state index is 12.5. The predicted molar refractivity (Wildman–Crippen MR) is 88.1 cm³/mol. The number of rotatable bonds is 5. The molecule has 1 amide bonds. The summed E-state index contributed by atoms with van der Waals surface area (Å²) in [4.78, 5) is 25.4. The van der Waals surface area contributed by atoms with Crippen LogP contribution in [-0.4, -0.2) is 50.1 Å². The Hall–Kier alpha value is -2.90. The quantitative estimate of drug-likeness (QED) is 0.862. The van der Waals surface area contributed by atoms with E-state index in [1.807, 2.05) is 37.3 Å². The molecule has 1 fully saturated rings. The third-order valence-electron chi connectivity index (χ3n) is 4.53. The Labute approximate surface area is 144 Å². The van der Waals surface area contributed by atoms with E-state index >= 15 is 0 Å². The summed E-state index contributed by atoms with van der Waals surface area (Å²) in [7, 11) is 0. The van der Waals surface area contributed by atoms with Gasteiger partial charge in [-0.3, -0.25) is 0 Å². The number of carbonyl (C=O) groups is 2. The van der Waals surface area contributed by atoms with Gasteiger partial charge in [-0.15, -0.1) is 5.10 Å². The Kier molecular flexibility index (Phi) is 4.97. The molecule has 2 heterocycles. The maximum Gasteiger partial charge on any atom is 0.410 e. The number of aromatic carboxylic acids is 1. The van der Waals surface area contributed by atoms with Crippen LogP contribution in [0.2, 0.25) is 0 Å². The number of hydrogen-bond donors (Lipinski definition) is 2. The normalized spacial score (nSPS) is 19.8. The number of benzene rings is 1. The van der Waals surface area contributed by atoms with Gasteiger partial charge in [-0.2, -0.15) is 10.3 Å². The first-order valence-electron chi connectivity index (χ1n) is 8.23. The first kappa shape index (κ1) is 16.9. The van der Waals surface area contributed by atoms with Crippen LogP contribution in [0.1, 0.15) is 47.4 Å². The van der Waals surface area contributed by atoms with Gasteiger partial charge in [0.15, 0.2) is 5.69 Å². The zero-order valence-electron chi connectivity index (χ0n) is 13.9. The van der Waals surface area contributed by atoms with Crippen LogP contribution in [0.3, 0.4) is 0 Å². The van der Waals surface area contributed by atoms with Crippen molar-refractivity contribution < 1.29 is 19.4 Å².